The first kappa shape index (κ1) is 16.0. The Balaban J connectivity index is 2.35. The molecule has 0 aromatic heterocycles. The fourth-order valence-electron chi connectivity index (χ4n) is 1.96. The molecule has 2 aromatic carbocycles. The number of hydrogen-bond acceptors (Lipinski definition) is 1. The molecule has 0 unspecified atom stereocenters. The van der Waals surface area contributed by atoms with Gasteiger partial charge in [0.15, 0.2) is 0 Å². The van der Waals surface area contributed by atoms with Crippen molar-refractivity contribution in [1.29, 1.82) is 0 Å². The average Bonchev–Trinajstić information content (AvgIpc) is 2.52. The van der Waals surface area contributed by atoms with E-state index in [2.05, 4.69) is 4.99 Å². The van der Waals surface area contributed by atoms with Crippen LogP contribution < -0.4 is 0 Å². The molecule has 0 bridgehead atoms. The number of hydrogen-bond donors (Lipinski definition) is 0. The van der Waals surface area contributed by atoms with Gasteiger partial charge >= 0.3 is 6.18 Å². The molecule has 114 valence electrons. The number of rotatable bonds is 4. The van der Waals surface area contributed by atoms with Crippen LogP contribution in [0.5, 0.6) is 0 Å². The summed E-state index contributed by atoms with van der Waals surface area (Å²) in [6.07, 6.45) is -0.740. The molecule has 0 heterocycles. The summed E-state index contributed by atoms with van der Waals surface area (Å²) in [5.41, 5.74) is 1.89. The van der Waals surface area contributed by atoms with E-state index in [1.54, 1.807) is 6.21 Å². The van der Waals surface area contributed by atoms with E-state index in [9.17, 15) is 13.2 Å². The summed E-state index contributed by atoms with van der Waals surface area (Å²) in [7, 11) is 0. The first-order valence-corrected chi connectivity index (χ1v) is 6.95. The number of aliphatic imine (C=N–C) groups is 1. The molecule has 2 rings (SSSR count). The maximum atomic E-state index is 12.6. The van der Waals surface area contributed by atoms with E-state index in [1.807, 2.05) is 43.3 Å². The van der Waals surface area contributed by atoms with Crippen LogP contribution >= 0.6 is 0 Å². The Labute approximate surface area is 127 Å². The van der Waals surface area contributed by atoms with Crippen LogP contribution in [0.1, 0.15) is 23.6 Å². The van der Waals surface area contributed by atoms with Gasteiger partial charge in [-0.05, 0) is 36.3 Å². The molecule has 0 saturated heterocycles. The lowest BCUT2D eigenvalue weighted by molar-refractivity contribution is -0.137. The molecular weight excluding hydrogens is 287 g/mol. The van der Waals surface area contributed by atoms with Crippen LogP contribution in [-0.2, 0) is 6.18 Å². The third kappa shape index (κ3) is 4.32. The SMILES string of the molecule is CCN=C/C(=C/c1ccc(C(F)(F)F)cc1)c1ccccc1. The molecule has 22 heavy (non-hydrogen) atoms. The molecule has 0 saturated carbocycles. The van der Waals surface area contributed by atoms with Crippen molar-refractivity contribution in [2.75, 3.05) is 6.54 Å². The molecule has 0 radical (unpaired) electrons. The first-order valence-electron chi connectivity index (χ1n) is 6.95. The van der Waals surface area contributed by atoms with Gasteiger partial charge in [-0.25, -0.2) is 0 Å². The Bertz CT molecular complexity index is 653. The quantitative estimate of drug-likeness (QED) is 0.534. The predicted octanol–water partition coefficient (Wildman–Crippen LogP) is 5.34. The van der Waals surface area contributed by atoms with Gasteiger partial charge in [0.05, 0.1) is 5.56 Å². The second-order valence-electron chi connectivity index (χ2n) is 4.71. The van der Waals surface area contributed by atoms with Gasteiger partial charge in [0.1, 0.15) is 0 Å². The minimum Gasteiger partial charge on any atom is -0.293 e. The Morgan fingerprint density at radius 1 is 1.00 bits per heavy atom. The number of halogens is 3. The zero-order chi connectivity index (χ0) is 16.0. The third-order valence-corrected chi connectivity index (χ3v) is 3.08. The molecule has 0 N–H and O–H groups in total. The molecule has 2 aromatic rings. The van der Waals surface area contributed by atoms with E-state index in [0.717, 1.165) is 23.3 Å². The van der Waals surface area contributed by atoms with Crippen molar-refractivity contribution >= 4 is 17.9 Å². The van der Waals surface area contributed by atoms with Crippen molar-refractivity contribution in [2.45, 2.75) is 13.1 Å². The van der Waals surface area contributed by atoms with Crippen LogP contribution in [0.4, 0.5) is 13.2 Å². The number of nitrogens with zero attached hydrogens (tertiary/aromatic N) is 1. The second kappa shape index (κ2) is 7.07. The van der Waals surface area contributed by atoms with Crippen LogP contribution in [0.2, 0.25) is 0 Å². The highest BCUT2D eigenvalue weighted by molar-refractivity contribution is 6.15. The van der Waals surface area contributed by atoms with Crippen molar-refractivity contribution in [2.24, 2.45) is 4.99 Å². The standard InChI is InChI=1S/C18H16F3N/c1-2-22-13-16(15-6-4-3-5-7-15)12-14-8-10-17(11-9-14)18(19,20)21/h3-13H,2H2,1H3/b16-12-,22-13?. The minimum atomic E-state index is -4.31. The molecule has 0 amide bonds. The Hall–Kier alpha value is -2.36. The topological polar surface area (TPSA) is 12.4 Å². The molecule has 0 aliphatic rings. The molecule has 0 atom stereocenters. The molecule has 0 spiro atoms. The smallest absolute Gasteiger partial charge is 0.293 e. The molecule has 4 heteroatoms. The average molecular weight is 303 g/mol. The van der Waals surface area contributed by atoms with Crippen molar-refractivity contribution in [3.05, 3.63) is 71.3 Å². The van der Waals surface area contributed by atoms with Gasteiger partial charge in [-0.3, -0.25) is 4.99 Å². The van der Waals surface area contributed by atoms with E-state index in [4.69, 9.17) is 0 Å². The zero-order valence-electron chi connectivity index (χ0n) is 12.1. The van der Waals surface area contributed by atoms with Gasteiger partial charge in [0, 0.05) is 18.3 Å². The summed E-state index contributed by atoms with van der Waals surface area (Å²) in [6, 6.07) is 14.7. The van der Waals surface area contributed by atoms with E-state index >= 15 is 0 Å². The minimum absolute atomic E-state index is 0.645. The molecule has 0 fully saturated rings. The Morgan fingerprint density at radius 2 is 1.64 bits per heavy atom. The first-order chi connectivity index (χ1) is 10.5. The van der Waals surface area contributed by atoms with Crippen molar-refractivity contribution < 1.29 is 13.2 Å². The fraction of sp³-hybridized carbons (Fsp3) is 0.167. The van der Waals surface area contributed by atoms with Crippen molar-refractivity contribution in [3.63, 3.8) is 0 Å². The van der Waals surface area contributed by atoms with Crippen LogP contribution in [0.15, 0.2) is 59.6 Å². The monoisotopic (exact) mass is 303 g/mol. The fourth-order valence-corrected chi connectivity index (χ4v) is 1.96. The number of allylic oxidation sites excluding steroid dienone is 1. The number of benzene rings is 2. The van der Waals surface area contributed by atoms with Crippen LogP contribution in [0.3, 0.4) is 0 Å². The molecule has 0 aliphatic heterocycles. The van der Waals surface area contributed by atoms with Gasteiger partial charge < -0.3 is 0 Å². The molecule has 1 nitrogen and oxygen atoms in total. The van der Waals surface area contributed by atoms with Crippen molar-refractivity contribution in [1.82, 2.24) is 0 Å². The van der Waals surface area contributed by atoms with Crippen LogP contribution in [0.25, 0.3) is 11.6 Å². The van der Waals surface area contributed by atoms with Gasteiger partial charge in [-0.2, -0.15) is 13.2 Å². The van der Waals surface area contributed by atoms with Gasteiger partial charge in [-0.15, -0.1) is 0 Å². The van der Waals surface area contributed by atoms with Crippen LogP contribution in [0, 0.1) is 0 Å². The maximum Gasteiger partial charge on any atom is 0.416 e. The van der Waals surface area contributed by atoms with E-state index in [0.29, 0.717) is 12.1 Å². The van der Waals surface area contributed by atoms with E-state index in [-0.39, 0.29) is 0 Å². The lowest BCUT2D eigenvalue weighted by Gasteiger charge is -2.07. The van der Waals surface area contributed by atoms with E-state index in [1.165, 1.54) is 12.1 Å². The highest BCUT2D eigenvalue weighted by atomic mass is 19.4. The highest BCUT2D eigenvalue weighted by Gasteiger charge is 2.29. The Morgan fingerprint density at radius 3 is 2.18 bits per heavy atom. The lowest BCUT2D eigenvalue weighted by atomic mass is 10.0. The van der Waals surface area contributed by atoms with Gasteiger partial charge in [0.25, 0.3) is 0 Å². The molecule has 0 aliphatic carbocycles. The van der Waals surface area contributed by atoms with Crippen molar-refractivity contribution in [3.8, 4) is 0 Å². The lowest BCUT2D eigenvalue weighted by Crippen LogP contribution is -2.04. The zero-order valence-corrected chi connectivity index (χ0v) is 12.1. The van der Waals surface area contributed by atoms with Crippen LogP contribution in [-0.4, -0.2) is 12.8 Å². The summed E-state index contributed by atoms with van der Waals surface area (Å²) in [4.78, 5) is 4.23. The highest BCUT2D eigenvalue weighted by Crippen LogP contribution is 2.29. The van der Waals surface area contributed by atoms with E-state index < -0.39 is 11.7 Å². The molecular formula is C18H16F3N. The largest absolute Gasteiger partial charge is 0.416 e. The summed E-state index contributed by atoms with van der Waals surface area (Å²) >= 11 is 0. The summed E-state index contributed by atoms with van der Waals surface area (Å²) in [5, 5.41) is 0. The third-order valence-electron chi connectivity index (χ3n) is 3.08. The Kier molecular flexibility index (Phi) is 5.15. The summed E-state index contributed by atoms with van der Waals surface area (Å²) < 4.78 is 37.7. The predicted molar refractivity (Wildman–Crippen MR) is 84.8 cm³/mol. The van der Waals surface area contributed by atoms with Gasteiger partial charge in [0.2, 0.25) is 0 Å². The second-order valence-corrected chi connectivity index (χ2v) is 4.71. The summed E-state index contributed by atoms with van der Waals surface area (Å²) in [6.45, 7) is 2.58. The normalized spacial score (nSPS) is 12.8. The van der Waals surface area contributed by atoms with Gasteiger partial charge in [-0.1, -0.05) is 42.5 Å². The number of alkyl halides is 3. The summed E-state index contributed by atoms with van der Waals surface area (Å²) in [5.74, 6) is 0. The maximum absolute atomic E-state index is 12.6.